The largest absolute Gasteiger partial charge is 0.481 e. The Hall–Kier alpha value is -1.35. The van der Waals surface area contributed by atoms with Crippen LogP contribution in [0.15, 0.2) is 30.3 Å². The molecule has 2 N–H and O–H groups in total. The maximum atomic E-state index is 11.6. The molecule has 3 nitrogen and oxygen atoms in total. The van der Waals surface area contributed by atoms with Crippen LogP contribution in [0.3, 0.4) is 0 Å². The molecule has 3 atom stereocenters. The molecule has 0 spiro atoms. The molecule has 1 saturated carbocycles. The van der Waals surface area contributed by atoms with Gasteiger partial charge < -0.3 is 10.2 Å². The number of hydrogen-bond donors (Lipinski definition) is 2. The van der Waals surface area contributed by atoms with Crippen molar-refractivity contribution in [2.45, 2.75) is 46.1 Å². The lowest BCUT2D eigenvalue weighted by atomic mass is 9.64. The van der Waals surface area contributed by atoms with E-state index in [-0.39, 0.29) is 5.92 Å². The van der Waals surface area contributed by atoms with Crippen molar-refractivity contribution >= 4 is 5.97 Å². The summed E-state index contributed by atoms with van der Waals surface area (Å²) in [7, 11) is 0. The number of aliphatic carboxylic acids is 1. The molecule has 0 unspecified atom stereocenters. The van der Waals surface area contributed by atoms with E-state index < -0.39 is 22.9 Å². The van der Waals surface area contributed by atoms with Gasteiger partial charge in [-0.25, -0.2) is 0 Å². The van der Waals surface area contributed by atoms with Crippen molar-refractivity contribution in [1.82, 2.24) is 0 Å². The predicted octanol–water partition coefficient (Wildman–Crippen LogP) is 3.12. The zero-order valence-electron chi connectivity index (χ0n) is 12.5. The molecule has 20 heavy (non-hydrogen) atoms. The van der Waals surface area contributed by atoms with E-state index >= 15 is 0 Å². The molecule has 1 aromatic carbocycles. The van der Waals surface area contributed by atoms with Gasteiger partial charge in [0, 0.05) is 0 Å². The van der Waals surface area contributed by atoms with Crippen LogP contribution in [-0.2, 0) is 11.2 Å². The molecule has 1 aromatic rings. The van der Waals surface area contributed by atoms with Crippen LogP contribution in [0.5, 0.6) is 0 Å². The minimum absolute atomic E-state index is 0.0174. The van der Waals surface area contributed by atoms with Gasteiger partial charge in [0.25, 0.3) is 0 Å². The van der Waals surface area contributed by atoms with Gasteiger partial charge in [-0.15, -0.1) is 0 Å². The quantitative estimate of drug-likeness (QED) is 0.888. The first kappa shape index (κ1) is 15.0. The first-order valence-corrected chi connectivity index (χ1v) is 7.24. The third-order valence-electron chi connectivity index (χ3n) is 5.53. The average molecular weight is 276 g/mol. The molecule has 0 amide bonds. The summed E-state index contributed by atoms with van der Waals surface area (Å²) < 4.78 is 0. The van der Waals surface area contributed by atoms with Crippen molar-refractivity contribution in [3.05, 3.63) is 35.9 Å². The van der Waals surface area contributed by atoms with Gasteiger partial charge in [0.1, 0.15) is 0 Å². The maximum Gasteiger partial charge on any atom is 0.309 e. The fourth-order valence-corrected chi connectivity index (χ4v) is 3.59. The van der Waals surface area contributed by atoms with Crippen LogP contribution in [0, 0.1) is 16.7 Å². The lowest BCUT2D eigenvalue weighted by Gasteiger charge is -2.40. The Morgan fingerprint density at radius 3 is 2.40 bits per heavy atom. The van der Waals surface area contributed by atoms with E-state index in [1.54, 1.807) is 0 Å². The summed E-state index contributed by atoms with van der Waals surface area (Å²) in [6, 6.07) is 9.88. The molecular weight excluding hydrogens is 252 g/mol. The Bertz CT molecular complexity index is 480. The lowest BCUT2D eigenvalue weighted by Crippen LogP contribution is -2.44. The highest BCUT2D eigenvalue weighted by Crippen LogP contribution is 2.57. The van der Waals surface area contributed by atoms with E-state index in [1.807, 2.05) is 51.1 Å². The molecule has 2 rings (SSSR count). The molecule has 0 aliphatic heterocycles. The standard InChI is InChI=1S/C17H24O3/c1-16(2)13(9-10-17(16,3)15(19)20)14(18)11-12-7-5-4-6-8-12/h4-8,13-14,18H,9-11H2,1-3H3,(H,19,20)/t13-,14-,17+/m1/s1. The van der Waals surface area contributed by atoms with Gasteiger partial charge in [-0.1, -0.05) is 44.2 Å². The summed E-state index contributed by atoms with van der Waals surface area (Å²) in [6.45, 7) is 5.77. The van der Waals surface area contributed by atoms with E-state index in [0.717, 1.165) is 12.0 Å². The molecular formula is C17H24O3. The highest BCUT2D eigenvalue weighted by molar-refractivity contribution is 5.75. The van der Waals surface area contributed by atoms with Crippen LogP contribution >= 0.6 is 0 Å². The second-order valence-corrected chi connectivity index (χ2v) is 6.76. The van der Waals surface area contributed by atoms with Crippen LogP contribution in [0.1, 0.15) is 39.2 Å². The Balaban J connectivity index is 2.16. The Morgan fingerprint density at radius 1 is 1.30 bits per heavy atom. The van der Waals surface area contributed by atoms with Gasteiger partial charge >= 0.3 is 5.97 Å². The Labute approximate surface area is 120 Å². The smallest absolute Gasteiger partial charge is 0.309 e. The zero-order valence-corrected chi connectivity index (χ0v) is 12.5. The van der Waals surface area contributed by atoms with Gasteiger partial charge in [-0.05, 0) is 43.1 Å². The highest BCUT2D eigenvalue weighted by atomic mass is 16.4. The molecule has 3 heteroatoms. The molecule has 1 aliphatic rings. The topological polar surface area (TPSA) is 57.5 Å². The van der Waals surface area contributed by atoms with Gasteiger partial charge in [0.2, 0.25) is 0 Å². The summed E-state index contributed by atoms with van der Waals surface area (Å²) >= 11 is 0. The van der Waals surface area contributed by atoms with Gasteiger partial charge in [0.15, 0.2) is 0 Å². The van der Waals surface area contributed by atoms with Gasteiger partial charge in [-0.2, -0.15) is 0 Å². The lowest BCUT2D eigenvalue weighted by molar-refractivity contribution is -0.155. The number of aliphatic hydroxyl groups is 1. The Kier molecular flexibility index (Phi) is 3.92. The monoisotopic (exact) mass is 276 g/mol. The van der Waals surface area contributed by atoms with Crippen LogP contribution in [0.25, 0.3) is 0 Å². The molecule has 1 fully saturated rings. The minimum Gasteiger partial charge on any atom is -0.481 e. The molecule has 0 heterocycles. The van der Waals surface area contributed by atoms with Crippen LogP contribution in [-0.4, -0.2) is 22.3 Å². The van der Waals surface area contributed by atoms with Crippen molar-refractivity contribution in [3.8, 4) is 0 Å². The number of carboxylic acid groups (broad SMARTS) is 1. The number of rotatable bonds is 4. The number of carbonyl (C=O) groups is 1. The summed E-state index contributed by atoms with van der Waals surface area (Å²) in [6.07, 6.45) is 1.49. The fraction of sp³-hybridized carbons (Fsp3) is 0.588. The number of carboxylic acids is 1. The number of aliphatic hydroxyl groups excluding tert-OH is 1. The SMILES string of the molecule is CC1(C)[C@@H]([C@H](O)Cc2ccccc2)CC[C@@]1(C)C(=O)O. The van der Waals surface area contributed by atoms with E-state index in [1.165, 1.54) is 0 Å². The molecule has 0 bridgehead atoms. The zero-order chi connectivity index (χ0) is 15.0. The van der Waals surface area contributed by atoms with Crippen molar-refractivity contribution in [2.24, 2.45) is 16.7 Å². The average Bonchev–Trinajstić information content (AvgIpc) is 2.63. The molecule has 0 saturated heterocycles. The highest BCUT2D eigenvalue weighted by Gasteiger charge is 2.57. The summed E-state index contributed by atoms with van der Waals surface area (Å²) in [5.41, 5.74) is -0.0674. The van der Waals surface area contributed by atoms with E-state index in [2.05, 4.69) is 0 Å². The van der Waals surface area contributed by atoms with Crippen LogP contribution in [0.4, 0.5) is 0 Å². The number of benzene rings is 1. The van der Waals surface area contributed by atoms with Crippen molar-refractivity contribution in [3.63, 3.8) is 0 Å². The summed E-state index contributed by atoms with van der Waals surface area (Å²) in [4.78, 5) is 11.6. The van der Waals surface area contributed by atoms with Crippen molar-refractivity contribution in [2.75, 3.05) is 0 Å². The summed E-state index contributed by atoms with van der Waals surface area (Å²) in [5.74, 6) is -0.735. The first-order chi connectivity index (χ1) is 9.29. The molecule has 0 radical (unpaired) electrons. The second-order valence-electron chi connectivity index (χ2n) is 6.76. The van der Waals surface area contributed by atoms with Gasteiger partial charge in [-0.3, -0.25) is 4.79 Å². The van der Waals surface area contributed by atoms with Crippen LogP contribution < -0.4 is 0 Å². The van der Waals surface area contributed by atoms with E-state index in [9.17, 15) is 15.0 Å². The third kappa shape index (κ3) is 2.35. The van der Waals surface area contributed by atoms with Crippen molar-refractivity contribution in [1.29, 1.82) is 0 Å². The molecule has 0 aromatic heterocycles. The Morgan fingerprint density at radius 2 is 1.90 bits per heavy atom. The first-order valence-electron chi connectivity index (χ1n) is 7.24. The van der Waals surface area contributed by atoms with E-state index in [0.29, 0.717) is 12.8 Å². The molecule has 110 valence electrons. The molecule has 1 aliphatic carbocycles. The second kappa shape index (κ2) is 5.21. The minimum atomic E-state index is -0.755. The normalized spacial score (nSPS) is 30.1. The third-order valence-corrected chi connectivity index (χ3v) is 5.53. The van der Waals surface area contributed by atoms with Gasteiger partial charge in [0.05, 0.1) is 11.5 Å². The number of hydrogen-bond acceptors (Lipinski definition) is 2. The van der Waals surface area contributed by atoms with E-state index in [4.69, 9.17) is 0 Å². The van der Waals surface area contributed by atoms with Crippen LogP contribution in [0.2, 0.25) is 0 Å². The summed E-state index contributed by atoms with van der Waals surface area (Å²) in [5, 5.41) is 20.1. The maximum absolute atomic E-state index is 11.6. The van der Waals surface area contributed by atoms with Crippen molar-refractivity contribution < 1.29 is 15.0 Å². The fourth-order valence-electron chi connectivity index (χ4n) is 3.59. The predicted molar refractivity (Wildman–Crippen MR) is 78.4 cm³/mol.